The minimum Gasteiger partial charge on any atom is -0.402 e. The van der Waals surface area contributed by atoms with Crippen LogP contribution >= 0.6 is 0 Å². The molecule has 2 nitrogen and oxygen atoms in total. The molecule has 0 amide bonds. The molecular weight excluding hydrogens is 124 g/mol. The summed E-state index contributed by atoms with van der Waals surface area (Å²) in [6.07, 6.45) is 0.964. The van der Waals surface area contributed by atoms with Gasteiger partial charge in [-0.25, -0.2) is 0 Å². The van der Waals surface area contributed by atoms with E-state index in [-0.39, 0.29) is 0 Å². The van der Waals surface area contributed by atoms with Gasteiger partial charge in [0.1, 0.15) is 0 Å². The van der Waals surface area contributed by atoms with E-state index in [1.54, 1.807) is 7.05 Å². The van der Waals surface area contributed by atoms with Gasteiger partial charge in [0.25, 0.3) is 0 Å². The molecule has 58 valence electrons. The molecule has 0 aromatic rings. The molecule has 0 unspecified atom stereocenters. The summed E-state index contributed by atoms with van der Waals surface area (Å²) in [4.78, 5) is 4.06. The molecule has 0 atom stereocenters. The molecule has 0 spiro atoms. The number of rotatable bonds is 2. The van der Waals surface area contributed by atoms with Crippen molar-refractivity contribution in [3.63, 3.8) is 0 Å². The third kappa shape index (κ3) is 2.21. The molecule has 10 heavy (non-hydrogen) atoms. The zero-order valence-corrected chi connectivity index (χ0v) is 7.23. The minimum absolute atomic E-state index is 0.880. The van der Waals surface area contributed by atoms with Crippen molar-refractivity contribution < 1.29 is 0 Å². The first kappa shape index (κ1) is 9.21. The van der Waals surface area contributed by atoms with Crippen LogP contribution in [-0.4, -0.2) is 12.8 Å². The normalized spacial score (nSPS) is 15.0. The third-order valence-electron chi connectivity index (χ3n) is 1.60. The van der Waals surface area contributed by atoms with Gasteiger partial charge in [-0.1, -0.05) is 6.92 Å². The topological polar surface area (TPSA) is 38.4 Å². The van der Waals surface area contributed by atoms with Crippen molar-refractivity contribution in [1.29, 1.82) is 0 Å². The highest BCUT2D eigenvalue weighted by molar-refractivity contribution is 5.98. The lowest BCUT2D eigenvalue weighted by molar-refractivity contribution is 1.10. The summed E-state index contributed by atoms with van der Waals surface area (Å²) < 4.78 is 0. The molecule has 2 heteroatoms. The van der Waals surface area contributed by atoms with E-state index in [0.29, 0.717) is 0 Å². The quantitative estimate of drug-likeness (QED) is 0.583. The standard InChI is InChI=1S/C8H16N2/c1-5-8(6(2)9)7(3)10-4/h5,9H2,1-4H3. The van der Waals surface area contributed by atoms with Gasteiger partial charge in [0.15, 0.2) is 0 Å². The Kier molecular flexibility index (Phi) is 3.77. The van der Waals surface area contributed by atoms with Gasteiger partial charge >= 0.3 is 0 Å². The molecule has 0 aliphatic carbocycles. The van der Waals surface area contributed by atoms with Crippen LogP contribution in [0.4, 0.5) is 0 Å². The lowest BCUT2D eigenvalue weighted by Crippen LogP contribution is -2.05. The molecular formula is C8H16N2. The zero-order chi connectivity index (χ0) is 8.15. The number of allylic oxidation sites excluding steroid dienone is 2. The third-order valence-corrected chi connectivity index (χ3v) is 1.60. The molecule has 0 heterocycles. The number of nitrogens with two attached hydrogens (primary N) is 1. The maximum Gasteiger partial charge on any atom is 0.0362 e. The van der Waals surface area contributed by atoms with E-state index in [2.05, 4.69) is 11.9 Å². The highest BCUT2D eigenvalue weighted by atomic mass is 14.7. The fourth-order valence-electron chi connectivity index (χ4n) is 0.955. The number of aliphatic imine (C=N–C) groups is 1. The molecule has 0 aromatic carbocycles. The van der Waals surface area contributed by atoms with Gasteiger partial charge in [-0.3, -0.25) is 4.99 Å². The van der Waals surface area contributed by atoms with Gasteiger partial charge in [0.2, 0.25) is 0 Å². The second kappa shape index (κ2) is 4.09. The Morgan fingerprint density at radius 1 is 1.40 bits per heavy atom. The van der Waals surface area contributed by atoms with Gasteiger partial charge in [-0.05, 0) is 25.8 Å². The van der Waals surface area contributed by atoms with E-state index in [0.717, 1.165) is 17.8 Å². The lowest BCUT2D eigenvalue weighted by Gasteiger charge is -2.04. The highest BCUT2D eigenvalue weighted by Gasteiger charge is 1.99. The van der Waals surface area contributed by atoms with Crippen LogP contribution in [0.15, 0.2) is 16.3 Å². The molecule has 0 rings (SSSR count). The molecule has 0 bridgehead atoms. The summed E-state index contributed by atoms with van der Waals surface area (Å²) in [5, 5.41) is 0. The van der Waals surface area contributed by atoms with E-state index in [1.807, 2.05) is 13.8 Å². The summed E-state index contributed by atoms with van der Waals surface area (Å²) in [6.45, 7) is 5.98. The van der Waals surface area contributed by atoms with E-state index in [9.17, 15) is 0 Å². The van der Waals surface area contributed by atoms with Crippen molar-refractivity contribution in [3.8, 4) is 0 Å². The fraction of sp³-hybridized carbons (Fsp3) is 0.625. The smallest absolute Gasteiger partial charge is 0.0362 e. The Hall–Kier alpha value is -0.790. The summed E-state index contributed by atoms with van der Waals surface area (Å²) >= 11 is 0. The van der Waals surface area contributed by atoms with Gasteiger partial charge in [0.05, 0.1) is 0 Å². The van der Waals surface area contributed by atoms with Crippen LogP contribution in [0.3, 0.4) is 0 Å². The van der Waals surface area contributed by atoms with Crippen molar-refractivity contribution in [3.05, 3.63) is 11.3 Å². The Balaban J connectivity index is 4.54. The molecule has 0 aromatic heterocycles. The number of hydrogen-bond acceptors (Lipinski definition) is 2. The SMILES string of the molecule is CCC(C(C)=NC)=C(C)N. The van der Waals surface area contributed by atoms with E-state index in [4.69, 9.17) is 5.73 Å². The van der Waals surface area contributed by atoms with Crippen LogP contribution < -0.4 is 5.73 Å². The second-order valence-corrected chi connectivity index (χ2v) is 2.32. The van der Waals surface area contributed by atoms with Crippen LogP contribution in [0, 0.1) is 0 Å². The Bertz CT molecular complexity index is 156. The van der Waals surface area contributed by atoms with Crippen LogP contribution in [0.25, 0.3) is 0 Å². The van der Waals surface area contributed by atoms with Crippen LogP contribution in [0.1, 0.15) is 27.2 Å². The lowest BCUT2D eigenvalue weighted by atomic mass is 10.1. The monoisotopic (exact) mass is 140 g/mol. The average Bonchev–Trinajstić information content (AvgIpc) is 1.88. The van der Waals surface area contributed by atoms with Gasteiger partial charge in [-0.2, -0.15) is 0 Å². The fourth-order valence-corrected chi connectivity index (χ4v) is 0.955. The maximum atomic E-state index is 5.62. The molecule has 0 aliphatic rings. The van der Waals surface area contributed by atoms with Crippen molar-refractivity contribution in [2.24, 2.45) is 10.7 Å². The summed E-state index contributed by atoms with van der Waals surface area (Å²) in [5.74, 6) is 0. The predicted octanol–water partition coefficient (Wildman–Crippen LogP) is 1.72. The Labute approximate surface area is 62.8 Å². The summed E-state index contributed by atoms with van der Waals surface area (Å²) in [6, 6.07) is 0. The second-order valence-electron chi connectivity index (χ2n) is 2.32. The van der Waals surface area contributed by atoms with Crippen molar-refractivity contribution in [2.45, 2.75) is 27.2 Å². The van der Waals surface area contributed by atoms with E-state index < -0.39 is 0 Å². The van der Waals surface area contributed by atoms with Crippen LogP contribution in [0.5, 0.6) is 0 Å². The molecule has 0 aliphatic heterocycles. The van der Waals surface area contributed by atoms with Crippen molar-refractivity contribution >= 4 is 5.71 Å². The van der Waals surface area contributed by atoms with Crippen molar-refractivity contribution in [1.82, 2.24) is 0 Å². The first-order valence-corrected chi connectivity index (χ1v) is 3.52. The largest absolute Gasteiger partial charge is 0.402 e. The minimum atomic E-state index is 0.880. The Morgan fingerprint density at radius 3 is 2.00 bits per heavy atom. The van der Waals surface area contributed by atoms with Gasteiger partial charge in [-0.15, -0.1) is 0 Å². The van der Waals surface area contributed by atoms with Crippen LogP contribution in [0.2, 0.25) is 0 Å². The maximum absolute atomic E-state index is 5.62. The Morgan fingerprint density at radius 2 is 1.90 bits per heavy atom. The molecule has 2 N–H and O–H groups in total. The molecule has 0 radical (unpaired) electrons. The molecule has 0 saturated heterocycles. The summed E-state index contributed by atoms with van der Waals surface area (Å²) in [5.41, 5.74) is 8.72. The molecule has 0 fully saturated rings. The predicted molar refractivity (Wildman–Crippen MR) is 46.2 cm³/mol. The highest BCUT2D eigenvalue weighted by Crippen LogP contribution is 2.05. The van der Waals surface area contributed by atoms with E-state index >= 15 is 0 Å². The first-order valence-electron chi connectivity index (χ1n) is 3.52. The number of hydrogen-bond donors (Lipinski definition) is 1. The van der Waals surface area contributed by atoms with E-state index in [1.165, 1.54) is 5.57 Å². The first-order chi connectivity index (χ1) is 4.63. The van der Waals surface area contributed by atoms with Crippen LogP contribution in [-0.2, 0) is 0 Å². The van der Waals surface area contributed by atoms with Gasteiger partial charge < -0.3 is 5.73 Å². The zero-order valence-electron chi connectivity index (χ0n) is 7.23. The molecule has 0 saturated carbocycles. The van der Waals surface area contributed by atoms with Crippen molar-refractivity contribution in [2.75, 3.05) is 7.05 Å². The number of nitrogens with zero attached hydrogens (tertiary/aromatic N) is 1. The van der Waals surface area contributed by atoms with Gasteiger partial charge in [0, 0.05) is 18.5 Å². The average molecular weight is 140 g/mol. The summed E-state index contributed by atoms with van der Waals surface area (Å²) in [7, 11) is 1.79.